The van der Waals surface area contributed by atoms with E-state index in [0.29, 0.717) is 31.0 Å². The van der Waals surface area contributed by atoms with E-state index in [4.69, 9.17) is 4.74 Å². The number of nitrogens with one attached hydrogen (secondary N) is 1. The third-order valence-corrected chi connectivity index (χ3v) is 5.29. The number of hydrogen-bond donors (Lipinski definition) is 1. The van der Waals surface area contributed by atoms with Gasteiger partial charge in [-0.1, -0.05) is 18.2 Å². The topological polar surface area (TPSA) is 46.5 Å². The second-order valence-corrected chi connectivity index (χ2v) is 7.29. The smallest absolute Gasteiger partial charge is 0.378 e. The van der Waals surface area contributed by atoms with Crippen molar-refractivity contribution in [3.63, 3.8) is 0 Å². The van der Waals surface area contributed by atoms with Crippen LogP contribution in [-0.2, 0) is 24.0 Å². The van der Waals surface area contributed by atoms with Crippen molar-refractivity contribution in [3.05, 3.63) is 65.0 Å². The summed E-state index contributed by atoms with van der Waals surface area (Å²) in [6.07, 6.45) is -2.70. The van der Waals surface area contributed by atoms with Crippen molar-refractivity contribution in [1.29, 1.82) is 0 Å². The summed E-state index contributed by atoms with van der Waals surface area (Å²) >= 11 is 0. The summed E-state index contributed by atoms with van der Waals surface area (Å²) in [5.41, 5.74) is 2.97. The zero-order valence-electron chi connectivity index (χ0n) is 17.2. The first-order valence-electron chi connectivity index (χ1n) is 9.81. The van der Waals surface area contributed by atoms with Crippen LogP contribution in [0.15, 0.2) is 36.9 Å². The van der Waals surface area contributed by atoms with E-state index < -0.39 is 11.7 Å². The van der Waals surface area contributed by atoms with E-state index >= 15 is 0 Å². The molecule has 5 nitrogen and oxygen atoms in total. The van der Waals surface area contributed by atoms with E-state index in [0.717, 1.165) is 42.2 Å². The van der Waals surface area contributed by atoms with Crippen LogP contribution in [0.2, 0.25) is 0 Å². The minimum atomic E-state index is -4.42. The first-order chi connectivity index (χ1) is 14.2. The molecule has 2 heterocycles. The van der Waals surface area contributed by atoms with E-state index in [2.05, 4.69) is 16.8 Å². The minimum absolute atomic E-state index is 0.00734. The number of alkyl halides is 3. The Bertz CT molecular complexity index is 928. The highest BCUT2D eigenvalue weighted by Gasteiger charge is 2.30. The van der Waals surface area contributed by atoms with Gasteiger partial charge in [0.25, 0.3) is 5.91 Å². The number of aromatic nitrogens is 1. The lowest BCUT2D eigenvalue weighted by Gasteiger charge is -2.29. The second kappa shape index (κ2) is 8.95. The molecule has 1 amide bonds. The average molecular weight is 421 g/mol. The van der Waals surface area contributed by atoms with Crippen molar-refractivity contribution in [2.45, 2.75) is 33.1 Å². The van der Waals surface area contributed by atoms with Gasteiger partial charge in [0.15, 0.2) is 0 Å². The number of ether oxygens (including phenoxy) is 1. The molecule has 0 bridgehead atoms. The first-order valence-corrected chi connectivity index (χ1v) is 9.81. The van der Waals surface area contributed by atoms with E-state index in [9.17, 15) is 18.0 Å². The van der Waals surface area contributed by atoms with Crippen LogP contribution in [0.5, 0.6) is 0 Å². The Morgan fingerprint density at radius 1 is 1.27 bits per heavy atom. The Morgan fingerprint density at radius 3 is 2.60 bits per heavy atom. The molecule has 1 fully saturated rings. The SMILES string of the molecule is C=CCn1c(C)c(N2CCOCC2)c(C)c1C(=O)NCc1cccc(C(F)(F)F)c1. The van der Waals surface area contributed by atoms with Crippen molar-refractivity contribution < 1.29 is 22.7 Å². The molecule has 1 N–H and O–H groups in total. The number of halogens is 3. The minimum Gasteiger partial charge on any atom is -0.378 e. The Labute approximate surface area is 174 Å². The van der Waals surface area contributed by atoms with Gasteiger partial charge in [-0.15, -0.1) is 6.58 Å². The quantitative estimate of drug-likeness (QED) is 0.715. The molecule has 1 aliphatic heterocycles. The molecule has 1 saturated heterocycles. The number of rotatable bonds is 6. The van der Waals surface area contributed by atoms with Crippen molar-refractivity contribution in [1.82, 2.24) is 9.88 Å². The fourth-order valence-electron chi connectivity index (χ4n) is 3.91. The van der Waals surface area contributed by atoms with E-state index in [1.54, 1.807) is 12.1 Å². The molecule has 1 aromatic carbocycles. The number of nitrogens with zero attached hydrogens (tertiary/aromatic N) is 2. The van der Waals surface area contributed by atoms with Crippen LogP contribution < -0.4 is 10.2 Å². The van der Waals surface area contributed by atoms with Crippen molar-refractivity contribution in [3.8, 4) is 0 Å². The summed E-state index contributed by atoms with van der Waals surface area (Å²) in [5, 5.41) is 2.77. The molecule has 3 rings (SSSR count). The largest absolute Gasteiger partial charge is 0.416 e. The van der Waals surface area contributed by atoms with Crippen molar-refractivity contribution >= 4 is 11.6 Å². The monoisotopic (exact) mass is 421 g/mol. The Kier molecular flexibility index (Phi) is 6.55. The maximum Gasteiger partial charge on any atom is 0.416 e. The second-order valence-electron chi connectivity index (χ2n) is 7.29. The molecule has 0 aliphatic carbocycles. The molecule has 8 heteroatoms. The Balaban J connectivity index is 1.85. The summed E-state index contributed by atoms with van der Waals surface area (Å²) in [6, 6.07) is 4.98. The first kappa shape index (κ1) is 22.0. The number of benzene rings is 1. The fraction of sp³-hybridized carbons (Fsp3) is 0.409. The zero-order valence-corrected chi connectivity index (χ0v) is 17.2. The molecule has 0 unspecified atom stereocenters. The summed E-state index contributed by atoms with van der Waals surface area (Å²) in [7, 11) is 0. The number of hydrogen-bond acceptors (Lipinski definition) is 3. The molecule has 30 heavy (non-hydrogen) atoms. The molecule has 0 spiro atoms. The van der Waals surface area contributed by atoms with Crippen LogP contribution in [0.4, 0.5) is 18.9 Å². The highest BCUT2D eigenvalue weighted by molar-refractivity contribution is 5.96. The molecular weight excluding hydrogens is 395 g/mol. The van der Waals surface area contributed by atoms with Crippen LogP contribution in [0.1, 0.15) is 32.9 Å². The number of amides is 1. The van der Waals surface area contributed by atoms with Gasteiger partial charge in [0, 0.05) is 37.4 Å². The van der Waals surface area contributed by atoms with Gasteiger partial charge in [0.2, 0.25) is 0 Å². The lowest BCUT2D eigenvalue weighted by molar-refractivity contribution is -0.137. The maximum absolute atomic E-state index is 13.0. The number of morpholine rings is 1. The van der Waals surface area contributed by atoms with Gasteiger partial charge in [-0.3, -0.25) is 4.79 Å². The Morgan fingerprint density at radius 2 is 1.97 bits per heavy atom. The molecule has 0 saturated carbocycles. The van der Waals surface area contributed by atoms with Crippen LogP contribution in [0.25, 0.3) is 0 Å². The van der Waals surface area contributed by atoms with E-state index in [1.807, 2.05) is 18.4 Å². The summed E-state index contributed by atoms with van der Waals surface area (Å²) in [6.45, 7) is 10.9. The van der Waals surface area contributed by atoms with E-state index in [1.165, 1.54) is 6.07 Å². The van der Waals surface area contributed by atoms with Gasteiger partial charge < -0.3 is 19.5 Å². The summed E-state index contributed by atoms with van der Waals surface area (Å²) in [4.78, 5) is 15.2. The lowest BCUT2D eigenvalue weighted by atomic mass is 10.1. The molecular formula is C22H26F3N3O2. The molecule has 162 valence electrons. The fourth-order valence-corrected chi connectivity index (χ4v) is 3.91. The van der Waals surface area contributed by atoms with Gasteiger partial charge in [0.05, 0.1) is 24.5 Å². The molecule has 2 aromatic rings. The highest BCUT2D eigenvalue weighted by Crippen LogP contribution is 2.32. The predicted molar refractivity (Wildman–Crippen MR) is 110 cm³/mol. The van der Waals surface area contributed by atoms with Crippen LogP contribution in [-0.4, -0.2) is 36.8 Å². The summed E-state index contributed by atoms with van der Waals surface area (Å²) in [5.74, 6) is -0.325. The van der Waals surface area contributed by atoms with Gasteiger partial charge in [0.1, 0.15) is 5.69 Å². The lowest BCUT2D eigenvalue weighted by Crippen LogP contribution is -2.36. The third kappa shape index (κ3) is 4.53. The predicted octanol–water partition coefficient (Wildman–Crippen LogP) is 4.08. The third-order valence-electron chi connectivity index (χ3n) is 5.29. The van der Waals surface area contributed by atoms with Crippen LogP contribution >= 0.6 is 0 Å². The van der Waals surface area contributed by atoms with Gasteiger partial charge >= 0.3 is 6.18 Å². The van der Waals surface area contributed by atoms with Gasteiger partial charge in [-0.2, -0.15) is 13.2 Å². The molecule has 1 aromatic heterocycles. The molecule has 0 radical (unpaired) electrons. The zero-order chi connectivity index (χ0) is 21.9. The number of anilines is 1. The van der Waals surface area contributed by atoms with Gasteiger partial charge in [-0.25, -0.2) is 0 Å². The molecule has 0 atom stereocenters. The average Bonchev–Trinajstić information content (AvgIpc) is 2.96. The molecule has 1 aliphatic rings. The highest BCUT2D eigenvalue weighted by atomic mass is 19.4. The summed E-state index contributed by atoms with van der Waals surface area (Å²) < 4.78 is 46.1. The number of carbonyl (C=O) groups excluding carboxylic acids is 1. The van der Waals surface area contributed by atoms with Crippen molar-refractivity contribution in [2.75, 3.05) is 31.2 Å². The van der Waals surface area contributed by atoms with Gasteiger partial charge in [-0.05, 0) is 31.5 Å². The van der Waals surface area contributed by atoms with Crippen LogP contribution in [0.3, 0.4) is 0 Å². The standard InChI is InChI=1S/C22H26F3N3O2/c1-4-8-28-16(3)19(27-9-11-30-12-10-27)15(2)20(28)21(29)26-14-17-6-5-7-18(13-17)22(23,24)25/h4-7,13H,1,8-12,14H2,2-3H3,(H,26,29). The van der Waals surface area contributed by atoms with Crippen molar-refractivity contribution in [2.24, 2.45) is 0 Å². The number of allylic oxidation sites excluding steroid dienone is 1. The maximum atomic E-state index is 13.0. The van der Waals surface area contributed by atoms with Crippen LogP contribution in [0, 0.1) is 13.8 Å². The number of carbonyl (C=O) groups is 1. The van der Waals surface area contributed by atoms with E-state index in [-0.39, 0.29) is 12.5 Å². The normalized spacial score (nSPS) is 14.6. The Hall–Kier alpha value is -2.74.